The number of anilines is 3. The first-order valence-corrected chi connectivity index (χ1v) is 12.6. The number of hydrazine groups is 3. The second kappa shape index (κ2) is 22.0. The van der Waals surface area contributed by atoms with E-state index in [4.69, 9.17) is 17.2 Å². The minimum Gasteiger partial charge on any atom is -0.330 e. The van der Waals surface area contributed by atoms with Crippen LogP contribution in [0.2, 0.25) is 0 Å². The monoisotopic (exact) mass is 468 g/mol. The highest BCUT2D eigenvalue weighted by Crippen LogP contribution is 2.08. The molecule has 12 N–H and O–H groups in total. The molecule has 1 aromatic heterocycles. The first kappa shape index (κ1) is 29.2. The predicted octanol–water partition coefficient (Wildman–Crippen LogP) is 1.18. The van der Waals surface area contributed by atoms with Crippen LogP contribution in [0.25, 0.3) is 0 Å². The second-order valence-electron chi connectivity index (χ2n) is 8.07. The number of nitrogens with one attached hydrogen (secondary N) is 6. The molecule has 0 spiro atoms. The topological polar surface area (TPSA) is 189 Å². The Labute approximate surface area is 199 Å². The van der Waals surface area contributed by atoms with Crippen molar-refractivity contribution in [2.75, 3.05) is 55.5 Å². The van der Waals surface area contributed by atoms with Gasteiger partial charge in [-0.05, 0) is 58.2 Å². The minimum atomic E-state index is 0.450. The molecule has 0 aromatic carbocycles. The van der Waals surface area contributed by atoms with Gasteiger partial charge < -0.3 is 17.2 Å². The first-order valence-electron chi connectivity index (χ1n) is 12.6. The summed E-state index contributed by atoms with van der Waals surface area (Å²) in [5.74, 6) is 1.35. The van der Waals surface area contributed by atoms with Gasteiger partial charge in [-0.2, -0.15) is 15.0 Å². The van der Waals surface area contributed by atoms with Crippen molar-refractivity contribution in [3.8, 4) is 0 Å². The van der Waals surface area contributed by atoms with Crippen LogP contribution in [0.3, 0.4) is 0 Å². The lowest BCUT2D eigenvalue weighted by molar-refractivity contribution is 0.612. The van der Waals surface area contributed by atoms with E-state index in [9.17, 15) is 0 Å². The molecule has 0 aliphatic carbocycles. The molecule has 1 aromatic rings. The zero-order chi connectivity index (χ0) is 23.8. The molecular formula is C21H48N12. The van der Waals surface area contributed by atoms with E-state index in [0.717, 1.165) is 116 Å². The maximum absolute atomic E-state index is 5.53. The number of rotatable bonds is 24. The number of aromatic nitrogens is 3. The molecule has 192 valence electrons. The van der Waals surface area contributed by atoms with Gasteiger partial charge in [-0.25, -0.2) is 16.3 Å². The van der Waals surface area contributed by atoms with Crippen molar-refractivity contribution in [1.82, 2.24) is 31.2 Å². The van der Waals surface area contributed by atoms with Gasteiger partial charge in [0.25, 0.3) is 0 Å². The lowest BCUT2D eigenvalue weighted by atomic mass is 10.2. The summed E-state index contributed by atoms with van der Waals surface area (Å²) in [6.07, 6.45) is 13.3. The molecule has 0 fully saturated rings. The molecule has 33 heavy (non-hydrogen) atoms. The van der Waals surface area contributed by atoms with Crippen LogP contribution in [0.4, 0.5) is 17.8 Å². The number of hydrogen-bond acceptors (Lipinski definition) is 12. The fourth-order valence-corrected chi connectivity index (χ4v) is 3.10. The zero-order valence-corrected chi connectivity index (χ0v) is 20.3. The van der Waals surface area contributed by atoms with E-state index in [1.807, 2.05) is 0 Å². The molecule has 0 aliphatic heterocycles. The van der Waals surface area contributed by atoms with Gasteiger partial charge in [-0.15, -0.1) is 0 Å². The number of unbranched alkanes of at least 4 members (excludes halogenated alkanes) is 9. The van der Waals surface area contributed by atoms with E-state index in [0.29, 0.717) is 17.8 Å². The summed E-state index contributed by atoms with van der Waals surface area (Å²) in [5, 5.41) is 0. The number of hydrogen-bond donors (Lipinski definition) is 9. The van der Waals surface area contributed by atoms with Crippen LogP contribution in [-0.4, -0.2) is 54.2 Å². The standard InChI is InChI=1S/C21H48N12/c22-13-7-1-4-10-16-25-31-19-28-20(32-26-17-11-5-2-8-14-23)30-21(29-19)33-27-18-12-6-3-9-15-24/h25-27H,1-18,22-24H2,(H3,28,29,30,31,32,33). The van der Waals surface area contributed by atoms with Crippen molar-refractivity contribution in [1.29, 1.82) is 0 Å². The van der Waals surface area contributed by atoms with Gasteiger partial charge in [0.1, 0.15) is 0 Å². The molecule has 0 bridgehead atoms. The van der Waals surface area contributed by atoms with E-state index < -0.39 is 0 Å². The van der Waals surface area contributed by atoms with Gasteiger partial charge in [0.05, 0.1) is 0 Å². The largest absolute Gasteiger partial charge is 0.330 e. The van der Waals surface area contributed by atoms with Crippen molar-refractivity contribution in [2.24, 2.45) is 17.2 Å². The molecule has 1 rings (SSSR count). The van der Waals surface area contributed by atoms with E-state index in [-0.39, 0.29) is 0 Å². The molecule has 0 unspecified atom stereocenters. The Morgan fingerprint density at radius 3 is 0.939 bits per heavy atom. The molecule has 0 saturated heterocycles. The molecule has 0 amide bonds. The van der Waals surface area contributed by atoms with Gasteiger partial charge in [0.15, 0.2) is 0 Å². The summed E-state index contributed by atoms with van der Waals surface area (Å²) in [6, 6.07) is 0. The van der Waals surface area contributed by atoms with Crippen molar-refractivity contribution in [3.63, 3.8) is 0 Å². The van der Waals surface area contributed by atoms with E-state index in [1.54, 1.807) is 0 Å². The Balaban J connectivity index is 2.44. The van der Waals surface area contributed by atoms with Crippen LogP contribution < -0.4 is 49.8 Å². The molecule has 0 radical (unpaired) electrons. The van der Waals surface area contributed by atoms with Gasteiger partial charge >= 0.3 is 0 Å². The third kappa shape index (κ3) is 17.3. The fraction of sp³-hybridized carbons (Fsp3) is 0.857. The first-order chi connectivity index (χ1) is 16.3. The molecule has 12 nitrogen and oxygen atoms in total. The average molecular weight is 469 g/mol. The van der Waals surface area contributed by atoms with Gasteiger partial charge in [0.2, 0.25) is 17.8 Å². The van der Waals surface area contributed by atoms with Crippen molar-refractivity contribution in [2.45, 2.75) is 77.0 Å². The predicted molar refractivity (Wildman–Crippen MR) is 137 cm³/mol. The molecule has 1 heterocycles. The Morgan fingerprint density at radius 2 is 0.667 bits per heavy atom. The lowest BCUT2D eigenvalue weighted by Gasteiger charge is -2.13. The minimum absolute atomic E-state index is 0.450. The average Bonchev–Trinajstić information content (AvgIpc) is 2.82. The Morgan fingerprint density at radius 1 is 0.394 bits per heavy atom. The van der Waals surface area contributed by atoms with E-state index in [1.165, 1.54) is 0 Å². The molecule has 0 saturated carbocycles. The van der Waals surface area contributed by atoms with Gasteiger partial charge in [-0.3, -0.25) is 16.3 Å². The Hall–Kier alpha value is -1.83. The second-order valence-corrected chi connectivity index (χ2v) is 8.07. The maximum atomic E-state index is 5.53. The van der Waals surface area contributed by atoms with Crippen LogP contribution in [0, 0.1) is 0 Å². The highest BCUT2D eigenvalue weighted by Gasteiger charge is 2.06. The SMILES string of the molecule is NCCCCCCNNc1nc(NNCCCCCCN)nc(NNCCCCCCN)n1. The summed E-state index contributed by atoms with van der Waals surface area (Å²) in [6.45, 7) is 4.74. The van der Waals surface area contributed by atoms with Crippen molar-refractivity contribution in [3.05, 3.63) is 0 Å². The van der Waals surface area contributed by atoms with Crippen molar-refractivity contribution >= 4 is 17.8 Å². The molecule has 0 aliphatic rings. The van der Waals surface area contributed by atoms with Crippen molar-refractivity contribution < 1.29 is 0 Å². The summed E-state index contributed by atoms with van der Waals surface area (Å²) in [7, 11) is 0. The lowest BCUT2D eigenvalue weighted by Crippen LogP contribution is -2.29. The summed E-state index contributed by atoms with van der Waals surface area (Å²) < 4.78 is 0. The van der Waals surface area contributed by atoms with Gasteiger partial charge in [-0.1, -0.05) is 38.5 Å². The highest BCUT2D eigenvalue weighted by atomic mass is 15.5. The van der Waals surface area contributed by atoms with Crippen LogP contribution in [0.1, 0.15) is 77.0 Å². The molecule has 0 atom stereocenters. The van der Waals surface area contributed by atoms with Crippen LogP contribution >= 0.6 is 0 Å². The molecule has 12 heteroatoms. The van der Waals surface area contributed by atoms with Gasteiger partial charge in [0, 0.05) is 19.6 Å². The quantitative estimate of drug-likeness (QED) is 0.0779. The van der Waals surface area contributed by atoms with E-state index in [2.05, 4.69) is 47.5 Å². The van der Waals surface area contributed by atoms with Crippen LogP contribution in [0.5, 0.6) is 0 Å². The maximum Gasteiger partial charge on any atom is 0.244 e. The third-order valence-corrected chi connectivity index (χ3v) is 5.00. The summed E-state index contributed by atoms with van der Waals surface area (Å²) in [4.78, 5) is 13.3. The highest BCUT2D eigenvalue weighted by molar-refractivity contribution is 5.40. The summed E-state index contributed by atoms with van der Waals surface area (Å²) in [5.41, 5.74) is 35.3. The normalized spacial score (nSPS) is 11.0. The Bertz CT molecular complexity index is 472. The summed E-state index contributed by atoms with van der Waals surface area (Å²) >= 11 is 0. The zero-order valence-electron chi connectivity index (χ0n) is 20.3. The fourth-order valence-electron chi connectivity index (χ4n) is 3.10. The Kier molecular flexibility index (Phi) is 19.5. The number of nitrogens with zero attached hydrogens (tertiary/aromatic N) is 3. The molecular weight excluding hydrogens is 420 g/mol. The van der Waals surface area contributed by atoms with Crippen LogP contribution in [-0.2, 0) is 0 Å². The van der Waals surface area contributed by atoms with Crippen LogP contribution in [0.15, 0.2) is 0 Å². The third-order valence-electron chi connectivity index (χ3n) is 5.00. The van der Waals surface area contributed by atoms with E-state index >= 15 is 0 Å². The smallest absolute Gasteiger partial charge is 0.244 e. The number of nitrogens with two attached hydrogens (primary N) is 3.